The number of sulfonamides is 1. The molecule has 9 nitrogen and oxygen atoms in total. The van der Waals surface area contributed by atoms with E-state index < -0.39 is 40.2 Å². The van der Waals surface area contributed by atoms with Gasteiger partial charge in [0.2, 0.25) is 10.0 Å². The SMILES string of the molecule is CCNC1CC(C)S(=O)(=O)C(SCCC2CC(NCC)c3cc(S(N)(=O)=O)sc3S2(=O)=O)=C1C. The van der Waals surface area contributed by atoms with Crippen LogP contribution in [0.3, 0.4) is 0 Å². The molecule has 3 heterocycles. The molecule has 0 saturated heterocycles. The highest BCUT2D eigenvalue weighted by molar-refractivity contribution is 8.19. The quantitative estimate of drug-likeness (QED) is 0.405. The monoisotopic (exact) mass is 571 g/mol. The lowest BCUT2D eigenvalue weighted by Crippen LogP contribution is -2.40. The lowest BCUT2D eigenvalue weighted by molar-refractivity contribution is 0.464. The van der Waals surface area contributed by atoms with Crippen LogP contribution in [0.2, 0.25) is 0 Å². The summed E-state index contributed by atoms with van der Waals surface area (Å²) >= 11 is 1.89. The molecule has 3 rings (SSSR count). The lowest BCUT2D eigenvalue weighted by Gasteiger charge is -2.32. The van der Waals surface area contributed by atoms with Crippen LogP contribution in [0.5, 0.6) is 0 Å². The molecule has 0 bridgehead atoms. The van der Waals surface area contributed by atoms with Crippen molar-refractivity contribution in [1.82, 2.24) is 10.6 Å². The number of fused-ring (bicyclic) bond motifs is 1. The third kappa shape index (κ3) is 5.43. The van der Waals surface area contributed by atoms with Crippen LogP contribution in [0.15, 0.2) is 24.3 Å². The Morgan fingerprint density at radius 2 is 1.71 bits per heavy atom. The second-order valence-corrected chi connectivity index (χ2v) is 17.6. The molecule has 2 aliphatic rings. The Hall–Kier alpha value is -0.480. The van der Waals surface area contributed by atoms with Gasteiger partial charge in [-0.1, -0.05) is 13.8 Å². The maximum absolute atomic E-state index is 13.4. The fraction of sp³-hybridized carbons (Fsp3) is 0.700. The summed E-state index contributed by atoms with van der Waals surface area (Å²) in [6.07, 6.45) is 1.05. The lowest BCUT2D eigenvalue weighted by atomic mass is 10.0. The Kier molecular flexibility index (Phi) is 8.66. The minimum atomic E-state index is -4.03. The topological polar surface area (TPSA) is 152 Å². The van der Waals surface area contributed by atoms with Crippen LogP contribution in [0.1, 0.15) is 58.6 Å². The molecule has 0 spiro atoms. The van der Waals surface area contributed by atoms with Crippen molar-refractivity contribution in [3.63, 3.8) is 0 Å². The maximum atomic E-state index is 13.4. The third-order valence-electron chi connectivity index (χ3n) is 6.33. The van der Waals surface area contributed by atoms with Crippen LogP contribution in [0, 0.1) is 0 Å². The van der Waals surface area contributed by atoms with Gasteiger partial charge in [0.25, 0.3) is 0 Å². The summed E-state index contributed by atoms with van der Waals surface area (Å²) in [4.78, 5) is 0. The van der Waals surface area contributed by atoms with Gasteiger partial charge in [0.1, 0.15) is 12.7 Å². The van der Waals surface area contributed by atoms with Crippen LogP contribution < -0.4 is 15.8 Å². The molecular formula is C20H33N3O6S5. The Morgan fingerprint density at radius 3 is 2.29 bits per heavy atom. The van der Waals surface area contributed by atoms with Gasteiger partial charge in [-0.25, -0.2) is 30.4 Å². The molecule has 0 saturated carbocycles. The van der Waals surface area contributed by atoms with E-state index >= 15 is 0 Å². The summed E-state index contributed by atoms with van der Waals surface area (Å²) in [6, 6.07) is 1.02. The van der Waals surface area contributed by atoms with Gasteiger partial charge in [-0.3, -0.25) is 0 Å². The molecule has 4 atom stereocenters. The molecule has 0 fully saturated rings. The van der Waals surface area contributed by atoms with E-state index in [1.807, 2.05) is 20.8 Å². The zero-order chi connectivity index (χ0) is 25.5. The van der Waals surface area contributed by atoms with E-state index in [9.17, 15) is 25.3 Å². The van der Waals surface area contributed by atoms with Crippen LogP contribution in [0.25, 0.3) is 0 Å². The van der Waals surface area contributed by atoms with Crippen molar-refractivity contribution in [2.45, 2.75) is 78.0 Å². The van der Waals surface area contributed by atoms with Crippen molar-refractivity contribution in [3.05, 3.63) is 21.4 Å². The predicted molar refractivity (Wildman–Crippen MR) is 138 cm³/mol. The highest BCUT2D eigenvalue weighted by atomic mass is 32.3. The van der Waals surface area contributed by atoms with E-state index in [1.54, 1.807) is 6.92 Å². The molecule has 14 heteroatoms. The number of hydrogen-bond acceptors (Lipinski definition) is 10. The molecule has 1 aromatic heterocycles. The largest absolute Gasteiger partial charge is 0.310 e. The van der Waals surface area contributed by atoms with Crippen LogP contribution in [0.4, 0.5) is 0 Å². The normalized spacial score (nSPS) is 28.6. The summed E-state index contributed by atoms with van der Waals surface area (Å²) in [6.45, 7) is 8.71. The first kappa shape index (κ1) is 28.1. The predicted octanol–water partition coefficient (Wildman–Crippen LogP) is 2.13. The summed E-state index contributed by atoms with van der Waals surface area (Å²) in [7, 11) is -11.3. The number of thioether (sulfide) groups is 1. The maximum Gasteiger partial charge on any atom is 0.247 e. The highest BCUT2D eigenvalue weighted by Crippen LogP contribution is 2.44. The average Bonchev–Trinajstić information content (AvgIpc) is 3.20. The van der Waals surface area contributed by atoms with E-state index in [2.05, 4.69) is 10.6 Å². The van der Waals surface area contributed by atoms with Crippen molar-refractivity contribution in [2.75, 3.05) is 18.8 Å². The first-order chi connectivity index (χ1) is 15.7. The molecule has 4 N–H and O–H groups in total. The fourth-order valence-electron chi connectivity index (χ4n) is 4.50. The van der Waals surface area contributed by atoms with Gasteiger partial charge in [0.15, 0.2) is 19.7 Å². The number of thiophene rings is 1. The number of hydrogen-bond donors (Lipinski definition) is 3. The van der Waals surface area contributed by atoms with Crippen molar-refractivity contribution < 1.29 is 25.3 Å². The molecule has 2 aliphatic heterocycles. The van der Waals surface area contributed by atoms with E-state index in [1.165, 1.54) is 17.8 Å². The van der Waals surface area contributed by atoms with Crippen molar-refractivity contribution >= 4 is 52.8 Å². The van der Waals surface area contributed by atoms with E-state index in [0.29, 0.717) is 39.9 Å². The zero-order valence-electron chi connectivity index (χ0n) is 19.7. The Morgan fingerprint density at radius 1 is 1.09 bits per heavy atom. The smallest absolute Gasteiger partial charge is 0.247 e. The summed E-state index contributed by atoms with van der Waals surface area (Å²) < 4.78 is 76.6. The third-order valence-corrected chi connectivity index (χ3v) is 15.9. The van der Waals surface area contributed by atoms with Crippen LogP contribution >= 0.6 is 23.1 Å². The second kappa shape index (κ2) is 10.5. The van der Waals surface area contributed by atoms with Gasteiger partial charge in [-0.05, 0) is 63.6 Å². The fourth-order valence-corrected chi connectivity index (χ4v) is 13.1. The number of primary sulfonamides is 1. The van der Waals surface area contributed by atoms with Crippen molar-refractivity contribution in [2.24, 2.45) is 5.14 Å². The number of nitrogens with one attached hydrogen (secondary N) is 2. The second-order valence-electron chi connectivity index (χ2n) is 8.68. The van der Waals surface area contributed by atoms with Gasteiger partial charge in [0, 0.05) is 17.6 Å². The minimum absolute atomic E-state index is 0.0205. The van der Waals surface area contributed by atoms with Gasteiger partial charge in [0.05, 0.1) is 10.5 Å². The standard InChI is InChI=1S/C20H33N3O6S5/c1-5-22-16-9-12(3)32(24,25)19(13(16)4)30-8-7-14-10-17(23-6-2)15-11-18(34(21,28)29)31-20(15)33(14,26)27/h11-12,14,16-17,22-23H,5-10H2,1-4H3,(H2,21,28,29). The number of nitrogens with two attached hydrogens (primary N) is 1. The van der Waals surface area contributed by atoms with Gasteiger partial charge < -0.3 is 10.6 Å². The number of sulfone groups is 2. The highest BCUT2D eigenvalue weighted by Gasteiger charge is 2.42. The summed E-state index contributed by atoms with van der Waals surface area (Å²) in [5, 5.41) is 10.6. The molecule has 0 amide bonds. The Labute approximate surface area is 211 Å². The molecule has 34 heavy (non-hydrogen) atoms. The van der Waals surface area contributed by atoms with E-state index in [4.69, 9.17) is 5.14 Å². The minimum Gasteiger partial charge on any atom is -0.310 e. The van der Waals surface area contributed by atoms with Gasteiger partial charge in [-0.2, -0.15) is 0 Å². The molecule has 0 aromatic carbocycles. The molecule has 0 radical (unpaired) electrons. The number of likely N-dealkylation sites (N-methyl/N-ethyl adjacent to an activating group) is 1. The molecular weight excluding hydrogens is 539 g/mol. The number of rotatable bonds is 9. The van der Waals surface area contributed by atoms with Crippen molar-refractivity contribution in [3.8, 4) is 0 Å². The molecule has 4 unspecified atom stereocenters. The van der Waals surface area contributed by atoms with E-state index in [0.717, 1.165) is 12.1 Å². The van der Waals surface area contributed by atoms with Crippen LogP contribution in [-0.2, 0) is 29.7 Å². The van der Waals surface area contributed by atoms with Gasteiger partial charge >= 0.3 is 0 Å². The molecule has 1 aromatic rings. The first-order valence-corrected chi connectivity index (χ1v) is 17.6. The first-order valence-electron chi connectivity index (χ1n) is 11.2. The Balaban J connectivity index is 1.86. The summed E-state index contributed by atoms with van der Waals surface area (Å²) in [5.74, 6) is 0.322. The summed E-state index contributed by atoms with van der Waals surface area (Å²) in [5.41, 5.74) is 1.22. The average molecular weight is 572 g/mol. The van der Waals surface area contributed by atoms with Gasteiger partial charge in [-0.15, -0.1) is 23.1 Å². The molecule has 194 valence electrons. The van der Waals surface area contributed by atoms with E-state index in [-0.39, 0.29) is 33.3 Å². The Bertz CT molecular complexity index is 1270. The zero-order valence-corrected chi connectivity index (χ0v) is 23.8. The van der Waals surface area contributed by atoms with Crippen molar-refractivity contribution in [1.29, 1.82) is 0 Å². The molecule has 0 aliphatic carbocycles. The van der Waals surface area contributed by atoms with Crippen LogP contribution in [-0.4, -0.2) is 60.6 Å².